The van der Waals surface area contributed by atoms with E-state index in [4.69, 9.17) is 5.21 Å². The summed E-state index contributed by atoms with van der Waals surface area (Å²) in [4.78, 5) is 12.6. The highest BCUT2D eigenvalue weighted by molar-refractivity contribution is 6.06. The van der Waals surface area contributed by atoms with Crippen LogP contribution in [0.25, 0.3) is 11.1 Å². The van der Waals surface area contributed by atoms with E-state index >= 15 is 0 Å². The molecule has 1 saturated carbocycles. The molecule has 0 saturated heterocycles. The molecule has 2 aliphatic rings. The Hall–Kier alpha value is -2.69. The van der Waals surface area contributed by atoms with Crippen molar-refractivity contribution in [2.45, 2.75) is 37.5 Å². The van der Waals surface area contributed by atoms with Crippen molar-refractivity contribution >= 4 is 17.8 Å². The molecular weight excluding hydrogens is 319 g/mol. The zero-order chi connectivity index (χ0) is 17.4. The van der Waals surface area contributed by atoms with Gasteiger partial charge < -0.3 is 10.5 Å². The molecule has 1 spiro atoms. The number of halogens is 1. The van der Waals surface area contributed by atoms with Crippen LogP contribution >= 0.6 is 0 Å². The smallest absolute Gasteiger partial charge is 0.235 e. The number of carbonyl (C=O) groups is 1. The van der Waals surface area contributed by atoms with Crippen molar-refractivity contribution in [3.05, 3.63) is 53.3 Å². The summed E-state index contributed by atoms with van der Waals surface area (Å²) in [6.45, 7) is 0. The lowest BCUT2D eigenvalue weighted by Gasteiger charge is -2.31. The number of amides is 1. The molecule has 1 amide bonds. The number of nitrogens with one attached hydrogen (secondary N) is 1. The Morgan fingerprint density at radius 3 is 2.52 bits per heavy atom. The van der Waals surface area contributed by atoms with E-state index in [0.29, 0.717) is 0 Å². The van der Waals surface area contributed by atoms with Crippen LogP contribution in [0.5, 0.6) is 0 Å². The molecule has 5 heteroatoms. The average Bonchev–Trinajstić information content (AvgIpc) is 2.89. The molecule has 0 radical (unpaired) electrons. The maximum atomic E-state index is 14.1. The van der Waals surface area contributed by atoms with Crippen molar-refractivity contribution in [3.8, 4) is 11.1 Å². The van der Waals surface area contributed by atoms with Crippen molar-refractivity contribution < 1.29 is 14.4 Å². The van der Waals surface area contributed by atoms with Gasteiger partial charge in [0, 0.05) is 11.3 Å². The Labute approximate surface area is 145 Å². The Bertz CT molecular complexity index is 870. The van der Waals surface area contributed by atoms with Crippen molar-refractivity contribution in [2.24, 2.45) is 5.16 Å². The van der Waals surface area contributed by atoms with Gasteiger partial charge in [0.15, 0.2) is 0 Å². The standard InChI is InChI=1S/C20H19FN2O2/c21-17-11-14(4-5-15(17)12-22-25)13-6-7-18-16(10-13)20(19(24)23-18)8-2-1-3-9-20/h4-7,10-12,25H,1-3,8-9H2,(H,23,24). The van der Waals surface area contributed by atoms with Crippen LogP contribution in [-0.2, 0) is 10.2 Å². The fourth-order valence-corrected chi connectivity index (χ4v) is 4.12. The number of hydrogen-bond acceptors (Lipinski definition) is 3. The first-order valence-corrected chi connectivity index (χ1v) is 8.57. The molecule has 1 heterocycles. The zero-order valence-electron chi connectivity index (χ0n) is 13.8. The quantitative estimate of drug-likeness (QED) is 0.483. The van der Waals surface area contributed by atoms with E-state index in [9.17, 15) is 9.18 Å². The van der Waals surface area contributed by atoms with Crippen molar-refractivity contribution in [2.75, 3.05) is 5.32 Å². The van der Waals surface area contributed by atoms with Gasteiger partial charge in [-0.2, -0.15) is 0 Å². The molecule has 1 aliphatic carbocycles. The minimum absolute atomic E-state index is 0.0973. The van der Waals surface area contributed by atoms with Crippen LogP contribution in [0.3, 0.4) is 0 Å². The van der Waals surface area contributed by atoms with E-state index in [1.165, 1.54) is 12.5 Å². The molecule has 2 aromatic rings. The number of hydrogen-bond donors (Lipinski definition) is 2. The summed E-state index contributed by atoms with van der Waals surface area (Å²) in [5.74, 6) is -0.350. The lowest BCUT2D eigenvalue weighted by Crippen LogP contribution is -2.36. The predicted molar refractivity (Wildman–Crippen MR) is 94.6 cm³/mol. The van der Waals surface area contributed by atoms with Gasteiger partial charge in [0.25, 0.3) is 0 Å². The third-order valence-electron chi connectivity index (χ3n) is 5.46. The normalized spacial score (nSPS) is 18.5. The third kappa shape index (κ3) is 2.51. The van der Waals surface area contributed by atoms with Gasteiger partial charge in [-0.25, -0.2) is 4.39 Å². The number of oxime groups is 1. The van der Waals surface area contributed by atoms with Crippen LogP contribution in [0, 0.1) is 5.82 Å². The van der Waals surface area contributed by atoms with Crippen molar-refractivity contribution in [1.29, 1.82) is 0 Å². The number of nitrogens with zero attached hydrogens (tertiary/aromatic N) is 1. The molecule has 25 heavy (non-hydrogen) atoms. The van der Waals surface area contributed by atoms with E-state index in [-0.39, 0.29) is 11.5 Å². The zero-order valence-corrected chi connectivity index (χ0v) is 13.8. The molecule has 0 aromatic heterocycles. The Kier molecular flexibility index (Phi) is 3.79. The molecule has 1 fully saturated rings. The largest absolute Gasteiger partial charge is 0.411 e. The third-order valence-corrected chi connectivity index (χ3v) is 5.46. The number of carbonyl (C=O) groups excluding carboxylic acids is 1. The van der Waals surface area contributed by atoms with E-state index in [2.05, 4.69) is 10.5 Å². The fraction of sp³-hybridized carbons (Fsp3) is 0.300. The number of fused-ring (bicyclic) bond motifs is 2. The summed E-state index contributed by atoms with van der Waals surface area (Å²) in [6, 6.07) is 10.6. The van der Waals surface area contributed by atoms with Crippen molar-refractivity contribution in [3.63, 3.8) is 0 Å². The Morgan fingerprint density at radius 1 is 1.08 bits per heavy atom. The van der Waals surface area contributed by atoms with E-state index < -0.39 is 11.2 Å². The molecule has 128 valence electrons. The molecule has 0 bridgehead atoms. The fourth-order valence-electron chi connectivity index (χ4n) is 4.12. The SMILES string of the molecule is O=C1Nc2ccc(-c3ccc(C=NO)c(F)c3)cc2C12CCCCC2. The molecule has 0 atom stereocenters. The maximum Gasteiger partial charge on any atom is 0.235 e. The molecule has 4 nitrogen and oxygen atoms in total. The van der Waals surface area contributed by atoms with Gasteiger partial charge in [-0.05, 0) is 53.8 Å². The maximum absolute atomic E-state index is 14.1. The number of anilines is 1. The van der Waals surface area contributed by atoms with Gasteiger partial charge in [0.2, 0.25) is 5.91 Å². The highest BCUT2D eigenvalue weighted by atomic mass is 19.1. The summed E-state index contributed by atoms with van der Waals surface area (Å²) < 4.78 is 14.1. The summed E-state index contributed by atoms with van der Waals surface area (Å²) in [6.07, 6.45) is 6.09. The average molecular weight is 338 g/mol. The summed E-state index contributed by atoms with van der Waals surface area (Å²) >= 11 is 0. The topological polar surface area (TPSA) is 61.7 Å². The van der Waals surface area contributed by atoms with E-state index in [0.717, 1.165) is 54.3 Å². The van der Waals surface area contributed by atoms with Crippen molar-refractivity contribution in [1.82, 2.24) is 0 Å². The molecule has 0 unspecified atom stereocenters. The highest BCUT2D eigenvalue weighted by Gasteiger charge is 2.47. The molecule has 4 rings (SSSR count). The van der Waals surface area contributed by atoms with Crippen LogP contribution in [0.1, 0.15) is 43.2 Å². The van der Waals surface area contributed by atoms with Gasteiger partial charge in [-0.3, -0.25) is 4.79 Å². The molecule has 1 aliphatic heterocycles. The van der Waals surface area contributed by atoms with Crippen LogP contribution in [0.15, 0.2) is 41.6 Å². The van der Waals surface area contributed by atoms with Crippen LogP contribution in [-0.4, -0.2) is 17.3 Å². The first-order chi connectivity index (χ1) is 12.1. The van der Waals surface area contributed by atoms with Crippen LogP contribution < -0.4 is 5.32 Å². The second kappa shape index (κ2) is 5.99. The monoisotopic (exact) mass is 338 g/mol. The minimum atomic E-state index is -0.447. The number of benzene rings is 2. The second-order valence-electron chi connectivity index (χ2n) is 6.84. The molecular formula is C20H19FN2O2. The predicted octanol–water partition coefficient (Wildman–Crippen LogP) is 4.45. The highest BCUT2D eigenvalue weighted by Crippen LogP contribution is 2.48. The lowest BCUT2D eigenvalue weighted by molar-refractivity contribution is -0.121. The van der Waals surface area contributed by atoms with Gasteiger partial charge in [-0.1, -0.05) is 36.6 Å². The summed E-state index contributed by atoms with van der Waals surface area (Å²) in [5.41, 5.74) is 3.34. The molecule has 2 N–H and O–H groups in total. The summed E-state index contributed by atoms with van der Waals surface area (Å²) in [7, 11) is 0. The Balaban J connectivity index is 1.77. The van der Waals surface area contributed by atoms with Gasteiger partial charge in [-0.15, -0.1) is 0 Å². The van der Waals surface area contributed by atoms with E-state index in [1.807, 2.05) is 18.2 Å². The number of rotatable bonds is 2. The van der Waals surface area contributed by atoms with Crippen LogP contribution in [0.2, 0.25) is 0 Å². The Morgan fingerprint density at radius 2 is 1.80 bits per heavy atom. The van der Waals surface area contributed by atoms with Gasteiger partial charge >= 0.3 is 0 Å². The van der Waals surface area contributed by atoms with Gasteiger partial charge in [0.1, 0.15) is 5.82 Å². The first-order valence-electron chi connectivity index (χ1n) is 8.57. The summed E-state index contributed by atoms with van der Waals surface area (Å²) in [5, 5.41) is 14.5. The first kappa shape index (κ1) is 15.8. The van der Waals surface area contributed by atoms with Gasteiger partial charge in [0.05, 0.1) is 11.6 Å². The minimum Gasteiger partial charge on any atom is -0.411 e. The van der Waals surface area contributed by atoms with Crippen LogP contribution in [0.4, 0.5) is 10.1 Å². The lowest BCUT2D eigenvalue weighted by atomic mass is 9.70. The second-order valence-corrected chi connectivity index (χ2v) is 6.84. The van der Waals surface area contributed by atoms with E-state index in [1.54, 1.807) is 12.1 Å². The molecule has 2 aromatic carbocycles.